The molecule has 2 amide bonds. The third kappa shape index (κ3) is 4.19. The van der Waals surface area contributed by atoms with Gasteiger partial charge >= 0.3 is 0 Å². The smallest absolute Gasteiger partial charge is 0.232 e. The molecular formula is C16H21ClN4O2. The third-order valence-corrected chi connectivity index (χ3v) is 4.83. The summed E-state index contributed by atoms with van der Waals surface area (Å²) in [6, 6.07) is 1.50. The monoisotopic (exact) mass is 336 g/mol. The zero-order chi connectivity index (χ0) is 16.2. The van der Waals surface area contributed by atoms with Gasteiger partial charge in [0.25, 0.3) is 0 Å². The van der Waals surface area contributed by atoms with Gasteiger partial charge in [-0.05, 0) is 25.7 Å². The molecule has 7 heteroatoms. The molecule has 124 valence electrons. The lowest BCUT2D eigenvalue weighted by molar-refractivity contribution is -0.120. The van der Waals surface area contributed by atoms with Crippen molar-refractivity contribution in [2.75, 3.05) is 10.6 Å². The Bertz CT molecular complexity index is 547. The first-order chi connectivity index (χ1) is 11.1. The molecule has 0 aliphatic heterocycles. The molecule has 0 spiro atoms. The number of carbonyl (C=O) groups is 2. The van der Waals surface area contributed by atoms with Gasteiger partial charge < -0.3 is 5.32 Å². The molecule has 0 atom stereocenters. The largest absolute Gasteiger partial charge is 0.310 e. The standard InChI is InChI=1S/C16H21ClN4O2/c17-12-9-13(19-14(22)10-5-1-2-6-10)20-16(18-12)21-15(23)11-7-3-4-8-11/h9-11H,1-8H2,(H2,18,19,20,21,22,23). The van der Waals surface area contributed by atoms with E-state index in [4.69, 9.17) is 11.6 Å². The van der Waals surface area contributed by atoms with Crippen LogP contribution in [0.25, 0.3) is 0 Å². The molecule has 0 saturated heterocycles. The van der Waals surface area contributed by atoms with E-state index in [1.807, 2.05) is 0 Å². The van der Waals surface area contributed by atoms with E-state index in [1.54, 1.807) is 0 Å². The molecule has 0 radical (unpaired) electrons. The Balaban J connectivity index is 1.65. The number of nitrogens with zero attached hydrogens (tertiary/aromatic N) is 2. The van der Waals surface area contributed by atoms with Crippen LogP contribution < -0.4 is 10.6 Å². The Hall–Kier alpha value is -1.69. The fraction of sp³-hybridized carbons (Fsp3) is 0.625. The van der Waals surface area contributed by atoms with Crippen LogP contribution in [0.1, 0.15) is 51.4 Å². The van der Waals surface area contributed by atoms with Crippen LogP contribution in [0.2, 0.25) is 5.15 Å². The lowest BCUT2D eigenvalue weighted by atomic mass is 10.1. The van der Waals surface area contributed by atoms with Crippen molar-refractivity contribution in [2.24, 2.45) is 11.8 Å². The van der Waals surface area contributed by atoms with Crippen LogP contribution in [-0.2, 0) is 9.59 Å². The Morgan fingerprint density at radius 2 is 1.43 bits per heavy atom. The first kappa shape index (κ1) is 16.2. The molecule has 23 heavy (non-hydrogen) atoms. The van der Waals surface area contributed by atoms with E-state index in [-0.39, 0.29) is 34.8 Å². The van der Waals surface area contributed by atoms with Gasteiger partial charge in [-0.25, -0.2) is 4.98 Å². The average molecular weight is 337 g/mol. The lowest BCUT2D eigenvalue weighted by Crippen LogP contribution is -2.23. The molecule has 2 aliphatic rings. The van der Waals surface area contributed by atoms with Gasteiger partial charge in [0.1, 0.15) is 11.0 Å². The van der Waals surface area contributed by atoms with Crippen LogP contribution in [0.15, 0.2) is 6.07 Å². The molecule has 1 aromatic heterocycles. The highest BCUT2D eigenvalue weighted by Gasteiger charge is 2.25. The fourth-order valence-corrected chi connectivity index (χ4v) is 3.54. The van der Waals surface area contributed by atoms with Crippen molar-refractivity contribution in [1.82, 2.24) is 9.97 Å². The maximum absolute atomic E-state index is 12.2. The summed E-state index contributed by atoms with van der Waals surface area (Å²) in [6.07, 6.45) is 7.96. The molecule has 2 saturated carbocycles. The van der Waals surface area contributed by atoms with Crippen LogP contribution >= 0.6 is 11.6 Å². The van der Waals surface area contributed by atoms with Gasteiger partial charge in [-0.2, -0.15) is 4.98 Å². The Labute approximate surface area is 140 Å². The summed E-state index contributed by atoms with van der Waals surface area (Å²) in [5.41, 5.74) is 0. The van der Waals surface area contributed by atoms with Crippen LogP contribution in [0.5, 0.6) is 0 Å². The van der Waals surface area contributed by atoms with Crippen molar-refractivity contribution in [1.29, 1.82) is 0 Å². The van der Waals surface area contributed by atoms with Crippen molar-refractivity contribution in [3.8, 4) is 0 Å². The minimum absolute atomic E-state index is 0.0223. The number of anilines is 2. The highest BCUT2D eigenvalue weighted by molar-refractivity contribution is 6.29. The molecule has 3 rings (SSSR count). The van der Waals surface area contributed by atoms with E-state index in [0.29, 0.717) is 5.82 Å². The second kappa shape index (κ2) is 7.25. The lowest BCUT2D eigenvalue weighted by Gasteiger charge is -2.12. The third-order valence-electron chi connectivity index (χ3n) is 4.63. The first-order valence-corrected chi connectivity index (χ1v) is 8.66. The molecule has 1 heterocycles. The molecule has 1 aromatic rings. The predicted molar refractivity (Wildman–Crippen MR) is 88.2 cm³/mol. The molecular weight excluding hydrogens is 316 g/mol. The number of hydrogen-bond donors (Lipinski definition) is 2. The van der Waals surface area contributed by atoms with E-state index < -0.39 is 0 Å². The van der Waals surface area contributed by atoms with E-state index in [0.717, 1.165) is 51.4 Å². The van der Waals surface area contributed by atoms with Crippen molar-refractivity contribution in [3.05, 3.63) is 11.2 Å². The fourth-order valence-electron chi connectivity index (χ4n) is 3.35. The summed E-state index contributed by atoms with van der Waals surface area (Å²) in [6.45, 7) is 0. The zero-order valence-corrected chi connectivity index (χ0v) is 13.7. The summed E-state index contributed by atoms with van der Waals surface area (Å²) in [5, 5.41) is 5.69. The first-order valence-electron chi connectivity index (χ1n) is 8.28. The summed E-state index contributed by atoms with van der Waals surface area (Å²) >= 11 is 5.98. The normalized spacial score (nSPS) is 19.0. The van der Waals surface area contributed by atoms with Gasteiger partial charge in [0.05, 0.1) is 0 Å². The Morgan fingerprint density at radius 3 is 2.00 bits per heavy atom. The number of aromatic nitrogens is 2. The Morgan fingerprint density at radius 1 is 0.913 bits per heavy atom. The van der Waals surface area contributed by atoms with Crippen molar-refractivity contribution >= 4 is 35.2 Å². The number of carbonyl (C=O) groups excluding carboxylic acids is 2. The highest BCUT2D eigenvalue weighted by Crippen LogP contribution is 2.27. The quantitative estimate of drug-likeness (QED) is 0.825. The minimum Gasteiger partial charge on any atom is -0.310 e. The van der Waals surface area contributed by atoms with Gasteiger partial charge in [-0.3, -0.25) is 14.9 Å². The summed E-state index contributed by atoms with van der Waals surface area (Å²) in [7, 11) is 0. The zero-order valence-electron chi connectivity index (χ0n) is 13.0. The number of halogens is 1. The predicted octanol–water partition coefficient (Wildman–Crippen LogP) is 3.39. The van der Waals surface area contributed by atoms with Crippen molar-refractivity contribution in [3.63, 3.8) is 0 Å². The number of hydrogen-bond acceptors (Lipinski definition) is 4. The van der Waals surface area contributed by atoms with Gasteiger partial charge in [0, 0.05) is 17.9 Å². The van der Waals surface area contributed by atoms with E-state index in [9.17, 15) is 9.59 Å². The summed E-state index contributed by atoms with van der Waals surface area (Å²) in [4.78, 5) is 32.5. The molecule has 2 aliphatic carbocycles. The number of rotatable bonds is 4. The molecule has 2 fully saturated rings. The summed E-state index contributed by atoms with van der Waals surface area (Å²) < 4.78 is 0. The van der Waals surface area contributed by atoms with Crippen LogP contribution in [0.4, 0.5) is 11.8 Å². The van der Waals surface area contributed by atoms with Crippen molar-refractivity contribution < 1.29 is 9.59 Å². The molecule has 0 unspecified atom stereocenters. The van der Waals surface area contributed by atoms with Gasteiger partial charge in [-0.15, -0.1) is 0 Å². The van der Waals surface area contributed by atoms with E-state index in [1.165, 1.54) is 6.07 Å². The minimum atomic E-state index is -0.0714. The topological polar surface area (TPSA) is 84.0 Å². The second-order valence-corrected chi connectivity index (χ2v) is 6.73. The molecule has 2 N–H and O–H groups in total. The maximum atomic E-state index is 12.2. The van der Waals surface area contributed by atoms with Gasteiger partial charge in [0.15, 0.2) is 0 Å². The SMILES string of the molecule is O=C(Nc1cc(Cl)nc(NC(=O)C2CCCC2)n1)C1CCCC1. The molecule has 0 aromatic carbocycles. The van der Waals surface area contributed by atoms with Gasteiger partial charge in [-0.1, -0.05) is 37.3 Å². The van der Waals surface area contributed by atoms with Crippen LogP contribution in [0, 0.1) is 11.8 Å². The van der Waals surface area contributed by atoms with Crippen LogP contribution in [-0.4, -0.2) is 21.8 Å². The van der Waals surface area contributed by atoms with E-state index in [2.05, 4.69) is 20.6 Å². The van der Waals surface area contributed by atoms with Crippen molar-refractivity contribution in [2.45, 2.75) is 51.4 Å². The number of amides is 2. The highest BCUT2D eigenvalue weighted by atomic mass is 35.5. The maximum Gasteiger partial charge on any atom is 0.232 e. The van der Waals surface area contributed by atoms with Crippen LogP contribution in [0.3, 0.4) is 0 Å². The molecule has 6 nitrogen and oxygen atoms in total. The number of nitrogens with one attached hydrogen (secondary N) is 2. The van der Waals surface area contributed by atoms with E-state index >= 15 is 0 Å². The average Bonchev–Trinajstić information content (AvgIpc) is 3.20. The Kier molecular flexibility index (Phi) is 5.10. The van der Waals surface area contributed by atoms with Gasteiger partial charge in [0.2, 0.25) is 17.8 Å². The molecule has 0 bridgehead atoms. The second-order valence-electron chi connectivity index (χ2n) is 6.34. The summed E-state index contributed by atoms with van der Waals surface area (Å²) in [5.74, 6) is 0.442.